The molecule has 1 saturated heterocycles. The molecular weight excluding hydrogens is 267 g/mol. The quantitative estimate of drug-likeness (QED) is 0.907. The van der Waals surface area contributed by atoms with Crippen molar-refractivity contribution in [1.82, 2.24) is 4.90 Å². The Bertz CT molecular complexity index is 451. The van der Waals surface area contributed by atoms with E-state index in [1.54, 1.807) is 6.07 Å². The molecule has 0 spiro atoms. The van der Waals surface area contributed by atoms with Crippen molar-refractivity contribution in [1.29, 1.82) is 0 Å². The normalized spacial score (nSPS) is 18.4. The van der Waals surface area contributed by atoms with Crippen molar-refractivity contribution < 1.29 is 18.3 Å². The molecule has 0 bridgehead atoms. The summed E-state index contributed by atoms with van der Waals surface area (Å²) in [6.45, 7) is 4.55. The lowest BCUT2D eigenvalue weighted by Gasteiger charge is -2.31. The van der Waals surface area contributed by atoms with Crippen LogP contribution in [0.3, 0.4) is 0 Å². The van der Waals surface area contributed by atoms with E-state index in [2.05, 4.69) is 11.8 Å². The first-order valence-electron chi connectivity index (χ1n) is 7.01. The van der Waals surface area contributed by atoms with Gasteiger partial charge in [-0.25, -0.2) is 0 Å². The summed E-state index contributed by atoms with van der Waals surface area (Å²) in [6.07, 6.45) is -1.11. The molecule has 0 aliphatic carbocycles. The molecule has 112 valence electrons. The van der Waals surface area contributed by atoms with Gasteiger partial charge in [0.15, 0.2) is 0 Å². The summed E-state index contributed by atoms with van der Waals surface area (Å²) in [5, 5.41) is 9.31. The average molecular weight is 287 g/mol. The molecule has 5 heteroatoms. The van der Waals surface area contributed by atoms with Crippen LogP contribution in [-0.4, -0.2) is 23.1 Å². The molecule has 1 aromatic rings. The van der Waals surface area contributed by atoms with Crippen LogP contribution >= 0.6 is 0 Å². The van der Waals surface area contributed by atoms with Gasteiger partial charge in [0, 0.05) is 6.54 Å². The number of likely N-dealkylation sites (tertiary alicyclic amines) is 1. The van der Waals surface area contributed by atoms with Crippen molar-refractivity contribution in [2.24, 2.45) is 5.92 Å². The second-order valence-corrected chi connectivity index (χ2v) is 5.48. The topological polar surface area (TPSA) is 23.5 Å². The lowest BCUT2D eigenvalue weighted by atomic mass is 9.94. The van der Waals surface area contributed by atoms with Gasteiger partial charge in [0.2, 0.25) is 0 Å². The van der Waals surface area contributed by atoms with Crippen molar-refractivity contribution in [2.45, 2.75) is 38.9 Å². The van der Waals surface area contributed by atoms with E-state index >= 15 is 0 Å². The van der Waals surface area contributed by atoms with E-state index in [1.165, 1.54) is 6.42 Å². The van der Waals surface area contributed by atoms with Crippen LogP contribution in [0.5, 0.6) is 5.75 Å². The highest BCUT2D eigenvalue weighted by molar-refractivity contribution is 5.38. The standard InChI is InChI=1S/C15H20F3NO/c1-2-11-5-7-19(8-6-11)10-12-3-4-14(20)13(9-12)15(16,17)18/h3-4,9,11,20H,2,5-8,10H2,1H3. The highest BCUT2D eigenvalue weighted by Crippen LogP contribution is 2.36. The molecule has 0 unspecified atom stereocenters. The van der Waals surface area contributed by atoms with E-state index in [9.17, 15) is 18.3 Å². The minimum atomic E-state index is -4.50. The smallest absolute Gasteiger partial charge is 0.419 e. The Hall–Kier alpha value is -1.23. The van der Waals surface area contributed by atoms with Crippen molar-refractivity contribution in [3.05, 3.63) is 29.3 Å². The fourth-order valence-corrected chi connectivity index (χ4v) is 2.72. The fraction of sp³-hybridized carbons (Fsp3) is 0.600. The molecule has 0 saturated carbocycles. The van der Waals surface area contributed by atoms with Gasteiger partial charge in [0.1, 0.15) is 5.75 Å². The van der Waals surface area contributed by atoms with Gasteiger partial charge < -0.3 is 5.11 Å². The molecule has 2 nitrogen and oxygen atoms in total. The molecule has 1 aliphatic heterocycles. The van der Waals surface area contributed by atoms with Gasteiger partial charge in [-0.2, -0.15) is 13.2 Å². The number of phenols is 1. The molecule has 2 rings (SSSR count). The molecule has 0 radical (unpaired) electrons. The first-order valence-corrected chi connectivity index (χ1v) is 7.01. The second-order valence-electron chi connectivity index (χ2n) is 5.48. The lowest BCUT2D eigenvalue weighted by molar-refractivity contribution is -0.138. The molecule has 1 heterocycles. The number of nitrogens with zero attached hydrogens (tertiary/aromatic N) is 1. The van der Waals surface area contributed by atoms with Gasteiger partial charge in [0.05, 0.1) is 5.56 Å². The maximum Gasteiger partial charge on any atom is 0.419 e. The third-order valence-electron chi connectivity index (χ3n) is 4.06. The maximum atomic E-state index is 12.7. The van der Waals surface area contributed by atoms with Crippen LogP contribution in [0.25, 0.3) is 0 Å². The number of aromatic hydroxyl groups is 1. The van der Waals surface area contributed by atoms with E-state index in [-0.39, 0.29) is 0 Å². The van der Waals surface area contributed by atoms with Crippen LogP contribution in [-0.2, 0) is 12.7 Å². The predicted octanol–water partition coefficient (Wildman–Crippen LogP) is 4.03. The van der Waals surface area contributed by atoms with Crippen molar-refractivity contribution >= 4 is 0 Å². The zero-order chi connectivity index (χ0) is 14.8. The van der Waals surface area contributed by atoms with Gasteiger partial charge in [0.25, 0.3) is 0 Å². The zero-order valence-electron chi connectivity index (χ0n) is 11.6. The minimum absolute atomic E-state index is 0.514. The number of benzene rings is 1. The summed E-state index contributed by atoms with van der Waals surface area (Å²) < 4.78 is 38.2. The highest BCUT2D eigenvalue weighted by Gasteiger charge is 2.34. The van der Waals surface area contributed by atoms with Gasteiger partial charge in [-0.1, -0.05) is 19.4 Å². The molecule has 20 heavy (non-hydrogen) atoms. The van der Waals surface area contributed by atoms with E-state index in [0.717, 1.165) is 44.0 Å². The molecule has 0 aromatic heterocycles. The van der Waals surface area contributed by atoms with Crippen molar-refractivity contribution in [2.75, 3.05) is 13.1 Å². The van der Waals surface area contributed by atoms with E-state index in [4.69, 9.17) is 0 Å². The van der Waals surface area contributed by atoms with Crippen LogP contribution in [0.1, 0.15) is 37.3 Å². The Morgan fingerprint density at radius 1 is 1.25 bits per heavy atom. The third-order valence-corrected chi connectivity index (χ3v) is 4.06. The zero-order valence-corrected chi connectivity index (χ0v) is 11.6. The monoisotopic (exact) mass is 287 g/mol. The number of rotatable bonds is 3. The highest BCUT2D eigenvalue weighted by atomic mass is 19.4. The number of hydrogen-bond donors (Lipinski definition) is 1. The van der Waals surface area contributed by atoms with Crippen LogP contribution in [0.2, 0.25) is 0 Å². The summed E-state index contributed by atoms with van der Waals surface area (Å²) in [5.41, 5.74) is -0.344. The Morgan fingerprint density at radius 2 is 1.90 bits per heavy atom. The van der Waals surface area contributed by atoms with Crippen LogP contribution in [0, 0.1) is 5.92 Å². The van der Waals surface area contributed by atoms with Crippen LogP contribution in [0.15, 0.2) is 18.2 Å². The largest absolute Gasteiger partial charge is 0.507 e. The van der Waals surface area contributed by atoms with Gasteiger partial charge >= 0.3 is 6.18 Å². The van der Waals surface area contributed by atoms with Crippen LogP contribution in [0.4, 0.5) is 13.2 Å². The van der Waals surface area contributed by atoms with Crippen molar-refractivity contribution in [3.63, 3.8) is 0 Å². The van der Waals surface area contributed by atoms with E-state index < -0.39 is 17.5 Å². The molecule has 1 fully saturated rings. The average Bonchev–Trinajstić information content (AvgIpc) is 2.40. The summed E-state index contributed by atoms with van der Waals surface area (Å²) in [5.74, 6) is 0.0442. The van der Waals surface area contributed by atoms with E-state index in [0.29, 0.717) is 12.1 Å². The predicted molar refractivity (Wildman–Crippen MR) is 71.4 cm³/mol. The Kier molecular flexibility index (Phi) is 4.58. The van der Waals surface area contributed by atoms with E-state index in [1.807, 2.05) is 0 Å². The molecule has 1 aromatic carbocycles. The van der Waals surface area contributed by atoms with Gasteiger partial charge in [-0.3, -0.25) is 4.90 Å². The fourth-order valence-electron chi connectivity index (χ4n) is 2.72. The van der Waals surface area contributed by atoms with Gasteiger partial charge in [-0.05, 0) is 49.5 Å². The molecule has 0 amide bonds. The third kappa shape index (κ3) is 3.66. The number of hydrogen-bond acceptors (Lipinski definition) is 2. The Labute approximate surface area is 117 Å². The minimum Gasteiger partial charge on any atom is -0.507 e. The Balaban J connectivity index is 2.04. The first kappa shape index (κ1) is 15.2. The van der Waals surface area contributed by atoms with Gasteiger partial charge in [-0.15, -0.1) is 0 Å². The number of halogens is 3. The molecule has 1 N–H and O–H groups in total. The van der Waals surface area contributed by atoms with Crippen molar-refractivity contribution in [3.8, 4) is 5.75 Å². The second kappa shape index (κ2) is 6.04. The SMILES string of the molecule is CCC1CCN(Cc2ccc(O)c(C(F)(F)F)c2)CC1. The number of alkyl halides is 3. The molecular formula is C15H20F3NO. The summed E-state index contributed by atoms with van der Waals surface area (Å²) in [7, 11) is 0. The molecule has 1 aliphatic rings. The number of piperidine rings is 1. The number of phenolic OH excluding ortho intramolecular Hbond substituents is 1. The lowest BCUT2D eigenvalue weighted by Crippen LogP contribution is -2.33. The Morgan fingerprint density at radius 3 is 2.45 bits per heavy atom. The molecule has 0 atom stereocenters. The summed E-state index contributed by atoms with van der Waals surface area (Å²) in [6, 6.07) is 3.76. The summed E-state index contributed by atoms with van der Waals surface area (Å²) in [4.78, 5) is 2.18. The first-order chi connectivity index (χ1) is 9.40. The maximum absolute atomic E-state index is 12.7. The van der Waals surface area contributed by atoms with Crippen LogP contribution < -0.4 is 0 Å². The summed E-state index contributed by atoms with van der Waals surface area (Å²) >= 11 is 0.